The molecular formula is C14H23N3O2. The van der Waals surface area contributed by atoms with Crippen LogP contribution < -0.4 is 5.32 Å². The van der Waals surface area contributed by atoms with Crippen LogP contribution >= 0.6 is 0 Å². The Morgan fingerprint density at radius 1 is 1.42 bits per heavy atom. The Labute approximate surface area is 113 Å². The minimum Gasteiger partial charge on any atom is -0.481 e. The Kier molecular flexibility index (Phi) is 5.39. The molecule has 1 saturated carbocycles. The van der Waals surface area contributed by atoms with Gasteiger partial charge in [-0.3, -0.25) is 9.89 Å². The van der Waals surface area contributed by atoms with Crippen molar-refractivity contribution < 1.29 is 9.90 Å². The molecule has 1 atom stereocenters. The second-order valence-electron chi connectivity index (χ2n) is 5.44. The number of aromatic nitrogens is 2. The van der Waals surface area contributed by atoms with Crippen LogP contribution in [0.1, 0.15) is 50.5 Å². The number of hydrogen-bond donors (Lipinski definition) is 3. The Bertz CT molecular complexity index is 370. The van der Waals surface area contributed by atoms with Gasteiger partial charge < -0.3 is 10.4 Å². The summed E-state index contributed by atoms with van der Waals surface area (Å²) in [5.41, 5.74) is 1.07. The smallest absolute Gasteiger partial charge is 0.304 e. The molecule has 1 aromatic rings. The second-order valence-corrected chi connectivity index (χ2v) is 5.44. The number of nitrogens with one attached hydrogen (secondary N) is 2. The number of carboxylic acids is 1. The molecule has 5 heteroatoms. The van der Waals surface area contributed by atoms with Crippen molar-refractivity contribution in [3.8, 4) is 0 Å². The van der Waals surface area contributed by atoms with Crippen LogP contribution in [0.25, 0.3) is 0 Å². The zero-order chi connectivity index (χ0) is 13.5. The highest BCUT2D eigenvalue weighted by Crippen LogP contribution is 2.27. The number of aromatic amines is 1. The summed E-state index contributed by atoms with van der Waals surface area (Å²) in [4.78, 5) is 11.0. The molecule has 106 valence electrons. The first-order valence-corrected chi connectivity index (χ1v) is 7.18. The van der Waals surface area contributed by atoms with E-state index < -0.39 is 5.97 Å². The number of hydrogen-bond acceptors (Lipinski definition) is 3. The Morgan fingerprint density at radius 2 is 2.16 bits per heavy atom. The molecule has 1 aliphatic carbocycles. The zero-order valence-corrected chi connectivity index (χ0v) is 11.3. The maximum absolute atomic E-state index is 11.0. The molecule has 0 saturated heterocycles. The first-order chi connectivity index (χ1) is 9.25. The molecule has 1 aromatic heterocycles. The second kappa shape index (κ2) is 7.28. The minimum atomic E-state index is -0.714. The van der Waals surface area contributed by atoms with Gasteiger partial charge in [-0.25, -0.2) is 0 Å². The maximum atomic E-state index is 11.0. The average molecular weight is 265 g/mol. The quantitative estimate of drug-likeness (QED) is 0.690. The van der Waals surface area contributed by atoms with Crippen molar-refractivity contribution in [1.29, 1.82) is 0 Å². The number of aliphatic carboxylic acids is 1. The van der Waals surface area contributed by atoms with Gasteiger partial charge in [-0.1, -0.05) is 25.7 Å². The van der Waals surface area contributed by atoms with Gasteiger partial charge >= 0.3 is 5.97 Å². The number of carbonyl (C=O) groups is 1. The van der Waals surface area contributed by atoms with Gasteiger partial charge in [-0.2, -0.15) is 5.10 Å². The van der Waals surface area contributed by atoms with E-state index in [0.29, 0.717) is 12.5 Å². The van der Waals surface area contributed by atoms with Crippen LogP contribution in [0, 0.1) is 5.92 Å². The Hall–Kier alpha value is -1.36. The van der Waals surface area contributed by atoms with E-state index >= 15 is 0 Å². The molecule has 0 radical (unpaired) electrons. The van der Waals surface area contributed by atoms with Crippen LogP contribution in [0.2, 0.25) is 0 Å². The zero-order valence-electron chi connectivity index (χ0n) is 11.3. The molecule has 2 rings (SSSR count). The topological polar surface area (TPSA) is 78.0 Å². The molecule has 0 amide bonds. The SMILES string of the molecule is O=C(O)CC(NCc1cn[nH]c1)C1CCCCCC1. The summed E-state index contributed by atoms with van der Waals surface area (Å²) >= 11 is 0. The molecule has 3 N–H and O–H groups in total. The summed E-state index contributed by atoms with van der Waals surface area (Å²) in [6.07, 6.45) is 11.2. The lowest BCUT2D eigenvalue weighted by atomic mass is 9.89. The fraction of sp³-hybridized carbons (Fsp3) is 0.714. The van der Waals surface area contributed by atoms with E-state index in [0.717, 1.165) is 18.4 Å². The normalized spacial score (nSPS) is 18.9. The molecule has 0 spiro atoms. The highest BCUT2D eigenvalue weighted by molar-refractivity contribution is 5.67. The predicted octanol–water partition coefficient (Wildman–Crippen LogP) is 2.31. The molecule has 1 heterocycles. The third kappa shape index (κ3) is 4.67. The lowest BCUT2D eigenvalue weighted by molar-refractivity contribution is -0.138. The first-order valence-electron chi connectivity index (χ1n) is 7.18. The first kappa shape index (κ1) is 14.1. The molecule has 1 aliphatic rings. The summed E-state index contributed by atoms with van der Waals surface area (Å²) in [6, 6.07) is 0.0745. The molecule has 0 bridgehead atoms. The van der Waals surface area contributed by atoms with Crippen molar-refractivity contribution in [3.05, 3.63) is 18.0 Å². The number of H-pyrrole nitrogens is 1. The monoisotopic (exact) mass is 265 g/mol. The highest BCUT2D eigenvalue weighted by Gasteiger charge is 2.24. The Morgan fingerprint density at radius 3 is 2.74 bits per heavy atom. The van der Waals surface area contributed by atoms with Crippen LogP contribution in [-0.2, 0) is 11.3 Å². The predicted molar refractivity (Wildman–Crippen MR) is 72.7 cm³/mol. The van der Waals surface area contributed by atoms with Crippen molar-refractivity contribution in [2.24, 2.45) is 5.92 Å². The summed E-state index contributed by atoms with van der Waals surface area (Å²) in [5, 5.41) is 19.2. The van der Waals surface area contributed by atoms with Gasteiger partial charge in [0, 0.05) is 24.3 Å². The van der Waals surface area contributed by atoms with E-state index in [4.69, 9.17) is 5.11 Å². The van der Waals surface area contributed by atoms with Crippen LogP contribution in [0.15, 0.2) is 12.4 Å². The molecule has 5 nitrogen and oxygen atoms in total. The van der Waals surface area contributed by atoms with E-state index in [9.17, 15) is 4.79 Å². The van der Waals surface area contributed by atoms with E-state index in [2.05, 4.69) is 15.5 Å². The lowest BCUT2D eigenvalue weighted by Crippen LogP contribution is -2.37. The summed E-state index contributed by atoms with van der Waals surface area (Å²) in [7, 11) is 0. The van der Waals surface area contributed by atoms with Crippen LogP contribution in [0.3, 0.4) is 0 Å². The van der Waals surface area contributed by atoms with Gasteiger partial charge in [-0.05, 0) is 18.8 Å². The van der Waals surface area contributed by atoms with Crippen molar-refractivity contribution in [2.45, 2.75) is 57.5 Å². The van der Waals surface area contributed by atoms with Crippen molar-refractivity contribution >= 4 is 5.97 Å². The van der Waals surface area contributed by atoms with Gasteiger partial charge in [0.25, 0.3) is 0 Å². The third-order valence-corrected chi connectivity index (χ3v) is 3.99. The number of rotatable bonds is 6. The van der Waals surface area contributed by atoms with E-state index in [-0.39, 0.29) is 12.5 Å². The van der Waals surface area contributed by atoms with Crippen LogP contribution in [-0.4, -0.2) is 27.3 Å². The number of carboxylic acid groups (broad SMARTS) is 1. The molecule has 19 heavy (non-hydrogen) atoms. The van der Waals surface area contributed by atoms with Gasteiger partial charge in [0.15, 0.2) is 0 Å². The maximum Gasteiger partial charge on any atom is 0.304 e. The van der Waals surface area contributed by atoms with Crippen molar-refractivity contribution in [2.75, 3.05) is 0 Å². The Balaban J connectivity index is 1.91. The van der Waals surface area contributed by atoms with E-state index in [1.807, 2.05) is 6.20 Å². The summed E-state index contributed by atoms with van der Waals surface area (Å²) in [5.74, 6) is -0.223. The number of nitrogens with zero attached hydrogens (tertiary/aromatic N) is 1. The van der Waals surface area contributed by atoms with E-state index in [1.54, 1.807) is 6.20 Å². The fourth-order valence-electron chi connectivity index (χ4n) is 2.93. The lowest BCUT2D eigenvalue weighted by Gasteiger charge is -2.26. The largest absolute Gasteiger partial charge is 0.481 e. The summed E-state index contributed by atoms with van der Waals surface area (Å²) in [6.45, 7) is 0.685. The summed E-state index contributed by atoms with van der Waals surface area (Å²) < 4.78 is 0. The van der Waals surface area contributed by atoms with Crippen molar-refractivity contribution in [3.63, 3.8) is 0 Å². The standard InChI is InChI=1S/C14H23N3O2/c18-14(19)7-13(12-5-3-1-2-4-6-12)15-8-11-9-16-17-10-11/h9-10,12-13,15H,1-8H2,(H,16,17)(H,18,19). The minimum absolute atomic E-state index is 0.0745. The van der Waals surface area contributed by atoms with Gasteiger partial charge in [0.1, 0.15) is 0 Å². The fourth-order valence-corrected chi connectivity index (χ4v) is 2.93. The van der Waals surface area contributed by atoms with Gasteiger partial charge in [0.05, 0.1) is 12.6 Å². The average Bonchev–Trinajstić information content (AvgIpc) is 2.75. The molecule has 1 unspecified atom stereocenters. The van der Waals surface area contributed by atoms with Crippen LogP contribution in [0.5, 0.6) is 0 Å². The highest BCUT2D eigenvalue weighted by atomic mass is 16.4. The molecule has 0 aromatic carbocycles. The molecular weight excluding hydrogens is 242 g/mol. The molecule has 1 fully saturated rings. The van der Waals surface area contributed by atoms with Gasteiger partial charge in [0.2, 0.25) is 0 Å². The van der Waals surface area contributed by atoms with Crippen molar-refractivity contribution in [1.82, 2.24) is 15.5 Å². The van der Waals surface area contributed by atoms with Crippen LogP contribution in [0.4, 0.5) is 0 Å². The molecule has 0 aliphatic heterocycles. The van der Waals surface area contributed by atoms with E-state index in [1.165, 1.54) is 25.7 Å². The van der Waals surface area contributed by atoms with Gasteiger partial charge in [-0.15, -0.1) is 0 Å². The third-order valence-electron chi connectivity index (χ3n) is 3.99.